The Labute approximate surface area is 117 Å². The molecule has 1 aromatic heterocycles. The molecule has 1 heterocycles. The highest BCUT2D eigenvalue weighted by Crippen LogP contribution is 2.35. The number of rotatable bonds is 0. The highest BCUT2D eigenvalue weighted by atomic mass is 15.0. The summed E-state index contributed by atoms with van der Waals surface area (Å²) in [7, 11) is 4.11. The number of benzene rings is 2. The molecule has 96 valence electrons. The van der Waals surface area contributed by atoms with E-state index in [-0.39, 0.29) is 0 Å². The Balaban J connectivity index is 2.16. The summed E-state index contributed by atoms with van der Waals surface area (Å²) in [5, 5.41) is 0. The van der Waals surface area contributed by atoms with Crippen LogP contribution in [0.1, 0.15) is 11.3 Å². The van der Waals surface area contributed by atoms with Crippen LogP contribution in [0.2, 0.25) is 0 Å². The van der Waals surface area contributed by atoms with Crippen molar-refractivity contribution < 1.29 is 4.58 Å². The molecule has 0 fully saturated rings. The van der Waals surface area contributed by atoms with Gasteiger partial charge in [0.05, 0.1) is 16.6 Å². The zero-order valence-corrected chi connectivity index (χ0v) is 11.5. The third kappa shape index (κ3) is 1.43. The molecular weight excluding hydrogens is 246 g/mol. The van der Waals surface area contributed by atoms with Crippen molar-refractivity contribution in [3.8, 4) is 11.3 Å². The van der Waals surface area contributed by atoms with Crippen LogP contribution in [-0.4, -0.2) is 34.4 Å². The summed E-state index contributed by atoms with van der Waals surface area (Å²) in [5.74, 6) is 0. The molecule has 0 aliphatic heterocycles. The smallest absolute Gasteiger partial charge is 0.235 e. The van der Waals surface area contributed by atoms with E-state index < -0.39 is 0 Å². The normalized spacial score (nSPS) is 12.4. The molecule has 0 N–H and O–H groups in total. The molecular formula is C17H14N3+. The van der Waals surface area contributed by atoms with Gasteiger partial charge in [-0.2, -0.15) is 0 Å². The molecule has 0 spiro atoms. The van der Waals surface area contributed by atoms with Crippen molar-refractivity contribution in [3.05, 3.63) is 59.8 Å². The minimum Gasteiger partial charge on any atom is -0.244 e. The third-order valence-electron chi connectivity index (χ3n) is 3.68. The van der Waals surface area contributed by atoms with Gasteiger partial charge in [-0.25, -0.2) is 14.5 Å². The van der Waals surface area contributed by atoms with Crippen molar-refractivity contribution in [1.82, 2.24) is 9.97 Å². The molecule has 0 radical (unpaired) electrons. The van der Waals surface area contributed by atoms with Crippen molar-refractivity contribution in [3.63, 3.8) is 0 Å². The molecule has 0 atom stereocenters. The number of fused-ring (bicyclic) bond motifs is 4. The third-order valence-corrected chi connectivity index (χ3v) is 3.68. The number of nitrogens with zero attached hydrogens (tertiary/aromatic N) is 3. The van der Waals surface area contributed by atoms with Gasteiger partial charge >= 0.3 is 0 Å². The average molecular weight is 260 g/mol. The van der Waals surface area contributed by atoms with Gasteiger partial charge in [-0.3, -0.25) is 0 Å². The average Bonchev–Trinajstić information content (AvgIpc) is 2.78. The van der Waals surface area contributed by atoms with E-state index in [1.165, 1.54) is 11.1 Å². The molecule has 4 rings (SSSR count). The predicted molar refractivity (Wildman–Crippen MR) is 80.3 cm³/mol. The Bertz CT molecular complexity index is 874. The monoisotopic (exact) mass is 260 g/mol. The van der Waals surface area contributed by atoms with Crippen LogP contribution >= 0.6 is 0 Å². The van der Waals surface area contributed by atoms with Crippen LogP contribution in [0.4, 0.5) is 0 Å². The fourth-order valence-corrected chi connectivity index (χ4v) is 2.83. The van der Waals surface area contributed by atoms with Gasteiger partial charge in [0.1, 0.15) is 19.8 Å². The molecule has 0 unspecified atom stereocenters. The standard InChI is InChI=1S/C17H14N3/c1-20(2)17-12-8-4-3-7-11(12)15-16(17)19-14-10-6-5-9-13(14)18-15/h3-10H,1-2H3/q+1. The van der Waals surface area contributed by atoms with E-state index in [1.54, 1.807) is 0 Å². The van der Waals surface area contributed by atoms with E-state index in [1.807, 2.05) is 24.3 Å². The van der Waals surface area contributed by atoms with Gasteiger partial charge in [-0.1, -0.05) is 30.3 Å². The largest absolute Gasteiger partial charge is 0.244 e. The summed E-state index contributed by atoms with van der Waals surface area (Å²) >= 11 is 0. The Morgan fingerprint density at radius 3 is 1.90 bits per heavy atom. The van der Waals surface area contributed by atoms with E-state index in [0.29, 0.717) is 0 Å². The topological polar surface area (TPSA) is 28.8 Å². The Hall–Kier alpha value is -2.55. The lowest BCUT2D eigenvalue weighted by Crippen LogP contribution is -2.15. The second kappa shape index (κ2) is 3.97. The van der Waals surface area contributed by atoms with E-state index in [4.69, 9.17) is 9.97 Å². The number of hydrogen-bond acceptors (Lipinski definition) is 2. The van der Waals surface area contributed by atoms with Gasteiger partial charge in [0.2, 0.25) is 5.71 Å². The first kappa shape index (κ1) is 11.3. The Kier molecular flexibility index (Phi) is 2.24. The first-order valence-corrected chi connectivity index (χ1v) is 6.67. The summed E-state index contributed by atoms with van der Waals surface area (Å²) in [5.41, 5.74) is 7.39. The lowest BCUT2D eigenvalue weighted by molar-refractivity contribution is -0.463. The van der Waals surface area contributed by atoms with Crippen LogP contribution in [0.15, 0.2) is 48.5 Å². The second-order valence-corrected chi connectivity index (χ2v) is 5.20. The molecule has 0 amide bonds. The van der Waals surface area contributed by atoms with Crippen molar-refractivity contribution in [2.24, 2.45) is 0 Å². The first-order valence-electron chi connectivity index (χ1n) is 6.67. The molecule has 1 aliphatic rings. The Morgan fingerprint density at radius 2 is 1.25 bits per heavy atom. The maximum atomic E-state index is 4.83. The molecule has 0 saturated heterocycles. The first-order chi connectivity index (χ1) is 9.75. The second-order valence-electron chi connectivity index (χ2n) is 5.20. The predicted octanol–water partition coefficient (Wildman–Crippen LogP) is 2.72. The van der Waals surface area contributed by atoms with Crippen molar-refractivity contribution >= 4 is 16.7 Å². The quantitative estimate of drug-likeness (QED) is 0.455. The molecule has 3 aromatic rings. The van der Waals surface area contributed by atoms with Gasteiger partial charge in [0, 0.05) is 5.56 Å². The van der Waals surface area contributed by atoms with Gasteiger partial charge in [0.15, 0.2) is 5.69 Å². The minimum atomic E-state index is 0.943. The van der Waals surface area contributed by atoms with Gasteiger partial charge < -0.3 is 0 Å². The molecule has 0 bridgehead atoms. The Morgan fingerprint density at radius 1 is 0.700 bits per heavy atom. The molecule has 1 aliphatic carbocycles. The number of hydrogen-bond donors (Lipinski definition) is 0. The van der Waals surface area contributed by atoms with E-state index in [9.17, 15) is 0 Å². The zero-order chi connectivity index (χ0) is 13.7. The number of aromatic nitrogens is 2. The van der Waals surface area contributed by atoms with Gasteiger partial charge in [-0.05, 0) is 18.2 Å². The fourth-order valence-electron chi connectivity index (χ4n) is 2.83. The molecule has 3 nitrogen and oxygen atoms in total. The van der Waals surface area contributed by atoms with Crippen LogP contribution in [0.25, 0.3) is 22.3 Å². The van der Waals surface area contributed by atoms with Crippen LogP contribution in [0, 0.1) is 0 Å². The van der Waals surface area contributed by atoms with Crippen molar-refractivity contribution in [1.29, 1.82) is 0 Å². The van der Waals surface area contributed by atoms with Crippen LogP contribution < -0.4 is 0 Å². The molecule has 2 aromatic carbocycles. The molecule has 20 heavy (non-hydrogen) atoms. The zero-order valence-electron chi connectivity index (χ0n) is 11.5. The molecule has 3 heteroatoms. The summed E-state index contributed by atoms with van der Waals surface area (Å²) in [4.78, 5) is 9.65. The van der Waals surface area contributed by atoms with Gasteiger partial charge in [0.25, 0.3) is 0 Å². The minimum absolute atomic E-state index is 0.943. The van der Waals surface area contributed by atoms with E-state index >= 15 is 0 Å². The van der Waals surface area contributed by atoms with Gasteiger partial charge in [-0.15, -0.1) is 0 Å². The SMILES string of the molecule is C[N+](C)=C1c2ccccc2-c2nc3ccccc3nc21. The highest BCUT2D eigenvalue weighted by molar-refractivity contribution is 6.20. The van der Waals surface area contributed by atoms with Crippen molar-refractivity contribution in [2.45, 2.75) is 0 Å². The van der Waals surface area contributed by atoms with E-state index in [2.05, 4.69) is 42.9 Å². The van der Waals surface area contributed by atoms with Crippen molar-refractivity contribution in [2.75, 3.05) is 14.1 Å². The summed E-state index contributed by atoms with van der Waals surface area (Å²) in [6.45, 7) is 0. The number of para-hydroxylation sites is 2. The summed E-state index contributed by atoms with van der Waals surface area (Å²) < 4.78 is 2.12. The van der Waals surface area contributed by atoms with Crippen LogP contribution in [0.5, 0.6) is 0 Å². The van der Waals surface area contributed by atoms with Crippen LogP contribution in [-0.2, 0) is 0 Å². The lowest BCUT2D eigenvalue weighted by atomic mass is 10.1. The maximum Gasteiger partial charge on any atom is 0.235 e. The highest BCUT2D eigenvalue weighted by Gasteiger charge is 2.33. The molecule has 0 saturated carbocycles. The maximum absolute atomic E-state index is 4.83. The fraction of sp³-hybridized carbons (Fsp3) is 0.118. The lowest BCUT2D eigenvalue weighted by Gasteiger charge is -2.01. The summed E-state index contributed by atoms with van der Waals surface area (Å²) in [6, 6.07) is 16.4. The summed E-state index contributed by atoms with van der Waals surface area (Å²) in [6.07, 6.45) is 0. The van der Waals surface area contributed by atoms with Crippen LogP contribution in [0.3, 0.4) is 0 Å². The van der Waals surface area contributed by atoms with E-state index in [0.717, 1.165) is 28.1 Å².